The van der Waals surface area contributed by atoms with Gasteiger partial charge in [0.15, 0.2) is 28.2 Å². The van der Waals surface area contributed by atoms with E-state index in [0.29, 0.717) is 27.2 Å². The van der Waals surface area contributed by atoms with Crippen LogP contribution < -0.4 is 4.90 Å². The van der Waals surface area contributed by atoms with E-state index in [1.807, 2.05) is 12.1 Å². The fourth-order valence-corrected chi connectivity index (χ4v) is 7.27. The number of nitriles is 1. The van der Waals surface area contributed by atoms with Crippen molar-refractivity contribution < 1.29 is 30.8 Å². The molecule has 5 rings (SSSR count). The highest BCUT2D eigenvalue weighted by atomic mass is 32.2. The molecule has 0 bridgehead atoms. The predicted molar refractivity (Wildman–Crippen MR) is 146 cm³/mol. The van der Waals surface area contributed by atoms with E-state index in [-0.39, 0.29) is 19.5 Å². The number of halogens is 4. The first-order chi connectivity index (χ1) is 20.0. The Kier molecular flexibility index (Phi) is 8.35. The molecule has 2 aromatic carbocycles. The smallest absolute Gasteiger partial charge is 0.249 e. The van der Waals surface area contributed by atoms with E-state index >= 15 is 0 Å². The number of sulfonamides is 1. The van der Waals surface area contributed by atoms with Gasteiger partial charge < -0.3 is 4.90 Å². The zero-order valence-corrected chi connectivity index (χ0v) is 23.6. The number of nitrogens with zero attached hydrogens (tertiary/aromatic N) is 4. The summed E-state index contributed by atoms with van der Waals surface area (Å²) in [4.78, 5) is 17.9. The number of carbonyl (C=O) groups excluding carboxylic acids is 1. The minimum Gasteiger partial charge on any atom is -0.305 e. The van der Waals surface area contributed by atoms with Gasteiger partial charge in [0.05, 0.1) is 23.9 Å². The number of hydrogen-bond donors (Lipinski definition) is 0. The Labute approximate surface area is 241 Å². The summed E-state index contributed by atoms with van der Waals surface area (Å²) in [6.07, 6.45) is 7.48. The van der Waals surface area contributed by atoms with Crippen molar-refractivity contribution in [1.82, 2.24) is 9.29 Å². The second-order valence-corrected chi connectivity index (χ2v) is 12.5. The third kappa shape index (κ3) is 5.39. The van der Waals surface area contributed by atoms with Crippen LogP contribution >= 0.6 is 0 Å². The van der Waals surface area contributed by atoms with Crippen LogP contribution in [-0.2, 0) is 21.4 Å². The molecule has 1 amide bonds. The number of aromatic nitrogens is 1. The molecule has 1 saturated carbocycles. The molecule has 1 aliphatic heterocycles. The standard InChI is InChI=1S/C30H28F4N4O3S/c1-18-25(31)27(33)29(28(34)26(18)32)42(40,41)38-14-13-24(38)30(39)37(23-11-7-19(15-35)8-12-23)17-22-10-9-21(16-36-22)20-5-3-2-4-6-20/h7-12,16,20,24H,2-6,13-14,17H2,1H3/t24-/m1/s1. The number of pyridine rings is 1. The van der Waals surface area contributed by atoms with Crippen LogP contribution in [0.25, 0.3) is 0 Å². The molecule has 12 heteroatoms. The van der Waals surface area contributed by atoms with Crippen molar-refractivity contribution in [3.05, 3.63) is 88.2 Å². The fraction of sp³-hybridized carbons (Fsp3) is 0.367. The third-order valence-corrected chi connectivity index (χ3v) is 10.0. The number of carbonyl (C=O) groups is 1. The molecule has 1 atom stereocenters. The van der Waals surface area contributed by atoms with Crippen molar-refractivity contribution in [2.45, 2.75) is 68.8 Å². The van der Waals surface area contributed by atoms with E-state index in [9.17, 15) is 36.0 Å². The lowest BCUT2D eigenvalue weighted by atomic mass is 9.85. The molecular formula is C30H28F4N4O3S. The van der Waals surface area contributed by atoms with E-state index in [4.69, 9.17) is 0 Å². The molecule has 2 aliphatic rings. The first-order valence-corrected chi connectivity index (χ1v) is 15.1. The highest BCUT2D eigenvalue weighted by molar-refractivity contribution is 7.89. The van der Waals surface area contributed by atoms with Gasteiger partial charge in [-0.2, -0.15) is 9.57 Å². The molecule has 7 nitrogen and oxygen atoms in total. The SMILES string of the molecule is Cc1c(F)c(F)c(S(=O)(=O)N2CC[C@@H]2C(=O)N(Cc2ccc(C3CCCCC3)cn2)c2ccc(C#N)cc2)c(F)c1F. The molecule has 3 aromatic rings. The first-order valence-electron chi connectivity index (χ1n) is 13.6. The van der Waals surface area contributed by atoms with Crippen molar-refractivity contribution in [2.75, 3.05) is 11.4 Å². The van der Waals surface area contributed by atoms with Crippen LogP contribution in [0.4, 0.5) is 23.2 Å². The lowest BCUT2D eigenvalue weighted by Crippen LogP contribution is -2.59. The van der Waals surface area contributed by atoms with Crippen LogP contribution in [0, 0.1) is 41.5 Å². The van der Waals surface area contributed by atoms with Crippen molar-refractivity contribution >= 4 is 21.6 Å². The van der Waals surface area contributed by atoms with E-state index in [0.717, 1.165) is 38.2 Å². The highest BCUT2D eigenvalue weighted by Crippen LogP contribution is 2.36. The molecule has 0 N–H and O–H groups in total. The van der Waals surface area contributed by atoms with Crippen molar-refractivity contribution in [3.8, 4) is 6.07 Å². The summed E-state index contributed by atoms with van der Waals surface area (Å²) >= 11 is 0. The van der Waals surface area contributed by atoms with Gasteiger partial charge in [-0.15, -0.1) is 0 Å². The quantitative estimate of drug-likeness (QED) is 0.250. The topological polar surface area (TPSA) is 94.4 Å². The van der Waals surface area contributed by atoms with Crippen LogP contribution in [0.3, 0.4) is 0 Å². The number of anilines is 1. The lowest BCUT2D eigenvalue weighted by Gasteiger charge is -2.41. The van der Waals surface area contributed by atoms with Gasteiger partial charge in [0, 0.05) is 24.0 Å². The van der Waals surface area contributed by atoms with Gasteiger partial charge in [0.1, 0.15) is 6.04 Å². The Bertz CT molecular complexity index is 1620. The highest BCUT2D eigenvalue weighted by Gasteiger charge is 2.47. The molecule has 1 aliphatic carbocycles. The zero-order chi connectivity index (χ0) is 30.2. The van der Waals surface area contributed by atoms with Crippen LogP contribution in [0.15, 0.2) is 47.5 Å². The molecule has 2 heterocycles. The average Bonchev–Trinajstić information content (AvgIpc) is 2.97. The zero-order valence-electron chi connectivity index (χ0n) is 22.8. The molecule has 0 spiro atoms. The van der Waals surface area contributed by atoms with Crippen LogP contribution in [0.1, 0.15) is 66.8 Å². The summed E-state index contributed by atoms with van der Waals surface area (Å²) in [6.45, 7) is 0.440. The van der Waals surface area contributed by atoms with Gasteiger partial charge in [0.2, 0.25) is 15.9 Å². The van der Waals surface area contributed by atoms with Crippen molar-refractivity contribution in [3.63, 3.8) is 0 Å². The molecule has 220 valence electrons. The normalized spacial score (nSPS) is 17.9. The van der Waals surface area contributed by atoms with E-state index in [1.54, 1.807) is 12.3 Å². The largest absolute Gasteiger partial charge is 0.305 e. The van der Waals surface area contributed by atoms with Gasteiger partial charge in [0.25, 0.3) is 0 Å². The van der Waals surface area contributed by atoms with E-state index in [1.165, 1.54) is 35.6 Å². The van der Waals surface area contributed by atoms with Gasteiger partial charge in [-0.3, -0.25) is 9.78 Å². The van der Waals surface area contributed by atoms with Crippen LogP contribution in [0.5, 0.6) is 0 Å². The summed E-state index contributed by atoms with van der Waals surface area (Å²) in [6, 6.07) is 10.4. The summed E-state index contributed by atoms with van der Waals surface area (Å²) in [7, 11) is -5.14. The predicted octanol–water partition coefficient (Wildman–Crippen LogP) is 5.86. The van der Waals surface area contributed by atoms with Gasteiger partial charge >= 0.3 is 0 Å². The molecule has 0 unspecified atom stereocenters. The van der Waals surface area contributed by atoms with Gasteiger partial charge in [-0.1, -0.05) is 25.3 Å². The van der Waals surface area contributed by atoms with Gasteiger partial charge in [-0.25, -0.2) is 26.0 Å². The summed E-state index contributed by atoms with van der Waals surface area (Å²) in [5.41, 5.74) is 1.30. The third-order valence-electron chi connectivity index (χ3n) is 8.08. The average molecular weight is 601 g/mol. The Hall–Kier alpha value is -3.82. The maximum absolute atomic E-state index is 14.7. The summed E-state index contributed by atoms with van der Waals surface area (Å²) < 4.78 is 84.9. The molecule has 1 aromatic heterocycles. The minimum absolute atomic E-state index is 0.0128. The second kappa shape index (κ2) is 11.8. The Morgan fingerprint density at radius 3 is 2.14 bits per heavy atom. The van der Waals surface area contributed by atoms with E-state index in [2.05, 4.69) is 4.98 Å². The molecule has 42 heavy (non-hydrogen) atoms. The Balaban J connectivity index is 1.45. The lowest BCUT2D eigenvalue weighted by molar-refractivity contribution is -0.125. The number of benzene rings is 2. The summed E-state index contributed by atoms with van der Waals surface area (Å²) in [5.74, 6) is -8.04. The molecular weight excluding hydrogens is 572 g/mol. The first kappa shape index (κ1) is 29.7. The second-order valence-electron chi connectivity index (χ2n) is 10.6. The fourth-order valence-electron chi connectivity index (χ4n) is 5.52. The number of hydrogen-bond acceptors (Lipinski definition) is 5. The monoisotopic (exact) mass is 600 g/mol. The minimum atomic E-state index is -5.14. The Morgan fingerprint density at radius 2 is 1.62 bits per heavy atom. The van der Waals surface area contributed by atoms with Crippen molar-refractivity contribution in [2.24, 2.45) is 0 Å². The van der Waals surface area contributed by atoms with Crippen LogP contribution in [-0.4, -0.2) is 36.2 Å². The number of amides is 1. The molecule has 0 radical (unpaired) electrons. The van der Waals surface area contributed by atoms with Crippen LogP contribution in [0.2, 0.25) is 0 Å². The van der Waals surface area contributed by atoms with Gasteiger partial charge in [-0.05, 0) is 68.0 Å². The Morgan fingerprint density at radius 1 is 0.976 bits per heavy atom. The number of rotatable bonds is 7. The molecule has 1 saturated heterocycles. The maximum atomic E-state index is 14.7. The van der Waals surface area contributed by atoms with E-state index < -0.39 is 55.7 Å². The van der Waals surface area contributed by atoms with Crippen molar-refractivity contribution in [1.29, 1.82) is 5.26 Å². The maximum Gasteiger partial charge on any atom is 0.249 e. The molecule has 2 fully saturated rings. The summed E-state index contributed by atoms with van der Waals surface area (Å²) in [5, 5.41) is 9.19.